The van der Waals surface area contributed by atoms with Gasteiger partial charge in [-0.2, -0.15) is 4.98 Å². The van der Waals surface area contributed by atoms with Crippen LogP contribution in [0.5, 0.6) is 0 Å². The van der Waals surface area contributed by atoms with Gasteiger partial charge in [0, 0.05) is 37.1 Å². The van der Waals surface area contributed by atoms with E-state index in [2.05, 4.69) is 31.0 Å². The number of allylic oxidation sites excluding steroid dienone is 3. The second-order valence-electron chi connectivity index (χ2n) is 7.31. The van der Waals surface area contributed by atoms with Crippen molar-refractivity contribution in [1.29, 1.82) is 0 Å². The molecule has 0 radical (unpaired) electrons. The first-order valence-corrected chi connectivity index (χ1v) is 11.1. The number of nitrogens with zero attached hydrogens (tertiary/aromatic N) is 4. The summed E-state index contributed by atoms with van der Waals surface area (Å²) in [4.78, 5) is 28.2. The molecular formula is C22H20Cl2N6O3. The third kappa shape index (κ3) is 5.55. The number of carbonyl (C=O) groups excluding carboxylic acids is 2. The van der Waals surface area contributed by atoms with Crippen molar-refractivity contribution in [3.63, 3.8) is 0 Å². The highest BCUT2D eigenvalue weighted by Gasteiger charge is 2.26. The van der Waals surface area contributed by atoms with Crippen LogP contribution in [0.4, 0.5) is 0 Å². The third-order valence-corrected chi connectivity index (χ3v) is 5.83. The summed E-state index contributed by atoms with van der Waals surface area (Å²) in [6, 6.07) is 5.17. The minimum absolute atomic E-state index is 0.124. The molecule has 2 aromatic rings. The van der Waals surface area contributed by atoms with Gasteiger partial charge in [0.25, 0.3) is 5.91 Å². The number of carbonyl (C=O) groups is 2. The van der Waals surface area contributed by atoms with E-state index in [-0.39, 0.29) is 24.2 Å². The number of benzene rings is 1. The summed E-state index contributed by atoms with van der Waals surface area (Å²) in [5.41, 5.74) is 1.37. The molecule has 0 saturated heterocycles. The third-order valence-electron chi connectivity index (χ3n) is 5.01. The Labute approximate surface area is 199 Å². The molecule has 4 rings (SSSR count). The number of fused-ring (bicyclic) bond motifs is 1. The van der Waals surface area contributed by atoms with Gasteiger partial charge in [-0.3, -0.25) is 9.59 Å². The fourth-order valence-corrected chi connectivity index (χ4v) is 3.70. The second-order valence-corrected chi connectivity index (χ2v) is 8.09. The number of hydrogen-bond acceptors (Lipinski definition) is 7. The largest absolute Gasteiger partial charge is 0.368 e. The number of halogens is 2. The topological polar surface area (TPSA) is 122 Å². The summed E-state index contributed by atoms with van der Waals surface area (Å²) in [7, 11) is 0. The van der Waals surface area contributed by atoms with Gasteiger partial charge < -0.3 is 15.2 Å². The number of aromatic nitrogens is 2. The number of rotatable bonds is 9. The standard InChI is InChI=1S/C22H20Cl2N6O3/c23-16-8-3-7-15(19(16)24)21-27-18(33-30-21)10-9-17(31)25-11-4-12-26-20-13-5-1-2-6-14(13)22(32)29-28-20/h1-3,5-8,14,26H,4,9-12H2,(H,25,31). The smallest absolute Gasteiger partial charge is 0.276 e. The van der Waals surface area contributed by atoms with Crippen LogP contribution in [0.1, 0.15) is 18.7 Å². The Kier molecular flexibility index (Phi) is 7.31. The second kappa shape index (κ2) is 10.5. The quantitative estimate of drug-likeness (QED) is 0.516. The van der Waals surface area contributed by atoms with Crippen molar-refractivity contribution in [2.45, 2.75) is 19.3 Å². The highest BCUT2D eigenvalue weighted by Crippen LogP contribution is 2.32. The summed E-state index contributed by atoms with van der Waals surface area (Å²) in [6.07, 6.45) is 8.53. The van der Waals surface area contributed by atoms with Crippen LogP contribution in [0.3, 0.4) is 0 Å². The number of hydrogen-bond donors (Lipinski definition) is 2. The molecule has 1 aromatic heterocycles. The summed E-state index contributed by atoms with van der Waals surface area (Å²) < 4.78 is 5.21. The lowest BCUT2D eigenvalue weighted by atomic mass is 9.93. The molecule has 2 heterocycles. The summed E-state index contributed by atoms with van der Waals surface area (Å²) >= 11 is 12.2. The number of azo groups is 1. The van der Waals surface area contributed by atoms with Gasteiger partial charge in [0.1, 0.15) is 0 Å². The SMILES string of the molecule is O=C(CCc1nc(-c2cccc(Cl)c2Cl)no1)NCCCNC1=C2C=CC=CC2C(=O)N=N1. The zero-order valence-corrected chi connectivity index (χ0v) is 18.9. The number of nitrogens with one attached hydrogen (secondary N) is 2. The average Bonchev–Trinajstić information content (AvgIpc) is 3.29. The van der Waals surface area contributed by atoms with E-state index in [1.54, 1.807) is 24.3 Å². The van der Waals surface area contributed by atoms with Crippen molar-refractivity contribution in [2.75, 3.05) is 13.1 Å². The monoisotopic (exact) mass is 486 g/mol. The fraction of sp³-hybridized carbons (Fsp3) is 0.273. The Morgan fingerprint density at radius 2 is 2.03 bits per heavy atom. The van der Waals surface area contributed by atoms with Crippen LogP contribution in [0.2, 0.25) is 10.0 Å². The van der Waals surface area contributed by atoms with Gasteiger partial charge in [0.05, 0.1) is 16.0 Å². The molecule has 0 spiro atoms. The van der Waals surface area contributed by atoms with Crippen LogP contribution in [0.25, 0.3) is 11.4 Å². The van der Waals surface area contributed by atoms with E-state index in [9.17, 15) is 9.59 Å². The maximum absolute atomic E-state index is 12.1. The first kappa shape index (κ1) is 22.9. The Balaban J connectivity index is 1.18. The lowest BCUT2D eigenvalue weighted by Crippen LogP contribution is -2.28. The van der Waals surface area contributed by atoms with Gasteiger partial charge >= 0.3 is 0 Å². The van der Waals surface area contributed by atoms with Crippen LogP contribution < -0.4 is 10.6 Å². The molecule has 2 N–H and O–H groups in total. The molecule has 1 atom stereocenters. The minimum Gasteiger partial charge on any atom is -0.368 e. The molecule has 1 aromatic carbocycles. The Hall–Kier alpha value is -3.30. The predicted octanol–water partition coefficient (Wildman–Crippen LogP) is 4.02. The first-order chi connectivity index (χ1) is 16.0. The van der Waals surface area contributed by atoms with Gasteiger partial charge in [-0.1, -0.05) is 58.7 Å². The summed E-state index contributed by atoms with van der Waals surface area (Å²) in [5, 5.41) is 18.3. The molecule has 1 unspecified atom stereocenters. The van der Waals surface area contributed by atoms with Gasteiger partial charge in [-0.05, 0) is 18.6 Å². The van der Waals surface area contributed by atoms with Crippen LogP contribution >= 0.6 is 23.2 Å². The van der Waals surface area contributed by atoms with E-state index in [1.165, 1.54) is 0 Å². The molecule has 33 heavy (non-hydrogen) atoms. The van der Waals surface area contributed by atoms with Gasteiger partial charge in [0.15, 0.2) is 5.82 Å². The van der Waals surface area contributed by atoms with Crippen molar-refractivity contribution in [3.8, 4) is 11.4 Å². The van der Waals surface area contributed by atoms with Crippen LogP contribution in [-0.2, 0) is 16.0 Å². The maximum atomic E-state index is 12.1. The van der Waals surface area contributed by atoms with E-state index in [4.69, 9.17) is 27.7 Å². The highest BCUT2D eigenvalue weighted by molar-refractivity contribution is 6.43. The summed E-state index contributed by atoms with van der Waals surface area (Å²) in [6.45, 7) is 1.06. The molecule has 2 aliphatic rings. The number of amides is 2. The van der Waals surface area contributed by atoms with Crippen LogP contribution in [-0.4, -0.2) is 35.0 Å². The summed E-state index contributed by atoms with van der Waals surface area (Å²) in [5.74, 6) is 0.473. The minimum atomic E-state index is -0.380. The molecule has 1 aliphatic heterocycles. The molecule has 11 heteroatoms. The van der Waals surface area contributed by atoms with Crippen LogP contribution in [0.15, 0.2) is 68.6 Å². The highest BCUT2D eigenvalue weighted by atomic mass is 35.5. The van der Waals surface area contributed by atoms with E-state index >= 15 is 0 Å². The molecule has 9 nitrogen and oxygen atoms in total. The molecule has 0 saturated carbocycles. The van der Waals surface area contributed by atoms with E-state index in [0.29, 0.717) is 59.1 Å². The van der Waals surface area contributed by atoms with Crippen molar-refractivity contribution in [3.05, 3.63) is 69.8 Å². The van der Waals surface area contributed by atoms with Gasteiger partial charge in [-0.15, -0.1) is 10.2 Å². The van der Waals surface area contributed by atoms with E-state index in [0.717, 1.165) is 5.57 Å². The Morgan fingerprint density at radius 3 is 2.91 bits per heavy atom. The first-order valence-electron chi connectivity index (χ1n) is 10.3. The predicted molar refractivity (Wildman–Crippen MR) is 122 cm³/mol. The lowest BCUT2D eigenvalue weighted by molar-refractivity contribution is -0.121. The molecule has 0 bridgehead atoms. The van der Waals surface area contributed by atoms with Crippen molar-refractivity contribution in [1.82, 2.24) is 20.8 Å². The van der Waals surface area contributed by atoms with E-state index in [1.807, 2.05) is 18.2 Å². The molecule has 2 amide bonds. The molecule has 1 aliphatic carbocycles. The maximum Gasteiger partial charge on any atom is 0.276 e. The number of aryl methyl sites for hydroxylation is 1. The molecule has 170 valence electrons. The zero-order chi connectivity index (χ0) is 23.2. The van der Waals surface area contributed by atoms with Crippen molar-refractivity contribution in [2.24, 2.45) is 16.1 Å². The van der Waals surface area contributed by atoms with Gasteiger partial charge in [-0.25, -0.2) is 0 Å². The normalized spacial score (nSPS) is 16.8. The van der Waals surface area contributed by atoms with Crippen molar-refractivity contribution < 1.29 is 14.1 Å². The van der Waals surface area contributed by atoms with Crippen molar-refractivity contribution >= 4 is 35.0 Å². The average molecular weight is 487 g/mol. The lowest BCUT2D eigenvalue weighted by Gasteiger charge is -2.20. The Morgan fingerprint density at radius 1 is 1.15 bits per heavy atom. The Bertz CT molecular complexity index is 1180. The van der Waals surface area contributed by atoms with Gasteiger partial charge in [0.2, 0.25) is 17.6 Å². The molecule has 0 fully saturated rings. The van der Waals surface area contributed by atoms with Crippen LogP contribution in [0, 0.1) is 5.92 Å². The van der Waals surface area contributed by atoms with E-state index < -0.39 is 0 Å². The fourth-order valence-electron chi connectivity index (χ4n) is 3.31. The zero-order valence-electron chi connectivity index (χ0n) is 17.4. The molecular weight excluding hydrogens is 467 g/mol.